The smallest absolute Gasteiger partial charge is 0.326 e. The minimum absolute atomic E-state index is 0.132. The van der Waals surface area contributed by atoms with E-state index in [1.165, 1.54) is 11.8 Å². The highest BCUT2D eigenvalue weighted by Crippen LogP contribution is 2.19. The minimum atomic E-state index is -1.13. The standard InChI is InChI=1S/C23H25N3O4/c1-15(27)26(2)21(12-16-8-4-3-5-9-16)22(28)25-20(23(29)30)13-17-14-24-19-11-7-6-10-18(17)19/h3-11,14,20-21,24H,12-13H2,1-2H3,(H,25,28)(H,29,30)/t20-,21-/m0/s1. The van der Waals surface area contributed by atoms with Crippen molar-refractivity contribution >= 4 is 28.7 Å². The van der Waals surface area contributed by atoms with Crippen molar-refractivity contribution in [3.63, 3.8) is 0 Å². The predicted molar refractivity (Wildman–Crippen MR) is 114 cm³/mol. The lowest BCUT2D eigenvalue weighted by Gasteiger charge is -2.28. The molecule has 0 saturated carbocycles. The van der Waals surface area contributed by atoms with E-state index < -0.39 is 24.0 Å². The molecule has 0 saturated heterocycles. The number of carboxylic acids is 1. The second-order valence-electron chi connectivity index (χ2n) is 7.30. The number of aliphatic carboxylic acids is 1. The van der Waals surface area contributed by atoms with Crippen LogP contribution in [0, 0.1) is 0 Å². The van der Waals surface area contributed by atoms with Gasteiger partial charge in [-0.15, -0.1) is 0 Å². The molecule has 2 atom stereocenters. The summed E-state index contributed by atoms with van der Waals surface area (Å²) in [7, 11) is 1.55. The molecule has 1 aromatic heterocycles. The van der Waals surface area contributed by atoms with Crippen LogP contribution in [0.2, 0.25) is 0 Å². The molecular formula is C23H25N3O4. The molecule has 3 aromatic rings. The SMILES string of the molecule is CC(=O)N(C)[C@@H](Cc1ccccc1)C(=O)N[C@@H](Cc1c[nH]c2ccccc12)C(=O)O. The van der Waals surface area contributed by atoms with Crippen LogP contribution in [-0.2, 0) is 27.2 Å². The normalized spacial score (nSPS) is 12.9. The summed E-state index contributed by atoms with van der Waals surface area (Å²) in [6.45, 7) is 1.38. The molecular weight excluding hydrogens is 382 g/mol. The van der Waals surface area contributed by atoms with Gasteiger partial charge in [-0.1, -0.05) is 48.5 Å². The highest BCUT2D eigenvalue weighted by Gasteiger charge is 2.30. The number of carbonyl (C=O) groups is 3. The summed E-state index contributed by atoms with van der Waals surface area (Å²) in [6, 6.07) is 15.0. The summed E-state index contributed by atoms with van der Waals surface area (Å²) in [5, 5.41) is 13.3. The number of aromatic nitrogens is 1. The molecule has 1 heterocycles. The van der Waals surface area contributed by atoms with Gasteiger partial charge in [0, 0.05) is 43.9 Å². The zero-order chi connectivity index (χ0) is 21.7. The second kappa shape index (κ2) is 9.26. The lowest BCUT2D eigenvalue weighted by molar-refractivity contribution is -0.143. The number of benzene rings is 2. The van der Waals surface area contributed by atoms with Gasteiger partial charge < -0.3 is 20.3 Å². The molecule has 0 fully saturated rings. The molecule has 0 bridgehead atoms. The molecule has 7 heteroatoms. The highest BCUT2D eigenvalue weighted by molar-refractivity contribution is 5.91. The summed E-state index contributed by atoms with van der Waals surface area (Å²) in [6.07, 6.45) is 2.19. The van der Waals surface area contributed by atoms with E-state index in [9.17, 15) is 19.5 Å². The van der Waals surface area contributed by atoms with Gasteiger partial charge in [0.25, 0.3) is 0 Å². The fourth-order valence-electron chi connectivity index (χ4n) is 3.45. The second-order valence-corrected chi connectivity index (χ2v) is 7.30. The van der Waals surface area contributed by atoms with Crippen LogP contribution in [-0.4, -0.2) is 51.9 Å². The number of aromatic amines is 1. The Morgan fingerprint density at radius 3 is 2.37 bits per heavy atom. The first-order chi connectivity index (χ1) is 14.4. The Morgan fingerprint density at radius 1 is 1.03 bits per heavy atom. The van der Waals surface area contributed by atoms with Crippen molar-refractivity contribution in [3.05, 3.63) is 71.9 Å². The number of nitrogens with one attached hydrogen (secondary N) is 2. The average molecular weight is 407 g/mol. The number of fused-ring (bicyclic) bond motifs is 1. The van der Waals surface area contributed by atoms with Crippen LogP contribution in [0.25, 0.3) is 10.9 Å². The van der Waals surface area contributed by atoms with Crippen molar-refractivity contribution in [2.75, 3.05) is 7.05 Å². The van der Waals surface area contributed by atoms with Gasteiger partial charge in [-0.3, -0.25) is 9.59 Å². The molecule has 0 unspecified atom stereocenters. The third-order valence-corrected chi connectivity index (χ3v) is 5.25. The van der Waals surface area contributed by atoms with E-state index in [-0.39, 0.29) is 12.3 Å². The van der Waals surface area contributed by atoms with Crippen molar-refractivity contribution < 1.29 is 19.5 Å². The maximum absolute atomic E-state index is 13.0. The minimum Gasteiger partial charge on any atom is -0.480 e. The Hall–Kier alpha value is -3.61. The number of carboxylic acid groups (broad SMARTS) is 1. The van der Waals surface area contributed by atoms with Crippen LogP contribution in [0.1, 0.15) is 18.1 Å². The first kappa shape index (κ1) is 21.1. The van der Waals surface area contributed by atoms with Gasteiger partial charge >= 0.3 is 5.97 Å². The van der Waals surface area contributed by atoms with E-state index in [2.05, 4.69) is 10.3 Å². The molecule has 0 aliphatic heterocycles. The molecule has 3 N–H and O–H groups in total. The molecule has 0 aliphatic carbocycles. The van der Waals surface area contributed by atoms with Crippen LogP contribution in [0.15, 0.2) is 60.8 Å². The number of amides is 2. The van der Waals surface area contributed by atoms with Crippen LogP contribution in [0.3, 0.4) is 0 Å². The van der Waals surface area contributed by atoms with E-state index in [1.807, 2.05) is 54.6 Å². The summed E-state index contributed by atoms with van der Waals surface area (Å²) in [4.78, 5) is 41.3. The van der Waals surface area contributed by atoms with Gasteiger partial charge in [0.05, 0.1) is 0 Å². The van der Waals surface area contributed by atoms with Gasteiger partial charge in [-0.05, 0) is 17.2 Å². The number of hydrogen-bond acceptors (Lipinski definition) is 3. The van der Waals surface area contributed by atoms with Crippen molar-refractivity contribution in [3.8, 4) is 0 Å². The maximum Gasteiger partial charge on any atom is 0.326 e. The molecule has 3 rings (SSSR count). The van der Waals surface area contributed by atoms with E-state index in [4.69, 9.17) is 0 Å². The number of carbonyl (C=O) groups excluding carboxylic acids is 2. The largest absolute Gasteiger partial charge is 0.480 e. The fourth-order valence-corrected chi connectivity index (χ4v) is 3.45. The number of likely N-dealkylation sites (N-methyl/N-ethyl adjacent to an activating group) is 1. The average Bonchev–Trinajstić information content (AvgIpc) is 3.14. The molecule has 0 spiro atoms. The van der Waals surface area contributed by atoms with Crippen LogP contribution in [0.4, 0.5) is 0 Å². The maximum atomic E-state index is 13.0. The van der Waals surface area contributed by atoms with Crippen molar-refractivity contribution in [2.24, 2.45) is 0 Å². The highest BCUT2D eigenvalue weighted by atomic mass is 16.4. The summed E-state index contributed by atoms with van der Waals surface area (Å²) < 4.78 is 0. The molecule has 2 amide bonds. The van der Waals surface area contributed by atoms with Crippen LogP contribution < -0.4 is 5.32 Å². The molecule has 7 nitrogen and oxygen atoms in total. The van der Waals surface area contributed by atoms with E-state index in [0.29, 0.717) is 6.42 Å². The third-order valence-electron chi connectivity index (χ3n) is 5.25. The zero-order valence-corrected chi connectivity index (χ0v) is 17.0. The quantitative estimate of drug-likeness (QED) is 0.533. The Morgan fingerprint density at radius 2 is 1.70 bits per heavy atom. The molecule has 30 heavy (non-hydrogen) atoms. The van der Waals surface area contributed by atoms with Crippen LogP contribution >= 0.6 is 0 Å². The molecule has 156 valence electrons. The molecule has 0 aliphatic rings. The lowest BCUT2D eigenvalue weighted by atomic mass is 10.0. The van der Waals surface area contributed by atoms with E-state index in [0.717, 1.165) is 22.0 Å². The zero-order valence-electron chi connectivity index (χ0n) is 17.0. The lowest BCUT2D eigenvalue weighted by Crippen LogP contribution is -2.53. The van der Waals surface area contributed by atoms with Crippen molar-refractivity contribution in [1.29, 1.82) is 0 Å². The van der Waals surface area contributed by atoms with Gasteiger partial charge in [-0.25, -0.2) is 4.79 Å². The fraction of sp³-hybridized carbons (Fsp3) is 0.261. The van der Waals surface area contributed by atoms with E-state index in [1.54, 1.807) is 13.2 Å². The number of H-pyrrole nitrogens is 1. The molecule has 2 aromatic carbocycles. The van der Waals surface area contributed by atoms with Crippen molar-refractivity contribution in [1.82, 2.24) is 15.2 Å². The number of para-hydroxylation sites is 1. The molecule has 0 radical (unpaired) electrons. The van der Waals surface area contributed by atoms with Gasteiger partial charge in [0.2, 0.25) is 11.8 Å². The Kier molecular flexibility index (Phi) is 6.51. The van der Waals surface area contributed by atoms with Gasteiger partial charge in [-0.2, -0.15) is 0 Å². The van der Waals surface area contributed by atoms with Crippen LogP contribution in [0.5, 0.6) is 0 Å². The summed E-state index contributed by atoms with van der Waals surface area (Å²) >= 11 is 0. The van der Waals surface area contributed by atoms with Crippen molar-refractivity contribution in [2.45, 2.75) is 31.8 Å². The Balaban J connectivity index is 1.80. The summed E-state index contributed by atoms with van der Waals surface area (Å²) in [5.41, 5.74) is 2.59. The summed E-state index contributed by atoms with van der Waals surface area (Å²) in [5.74, 6) is -1.89. The van der Waals surface area contributed by atoms with E-state index >= 15 is 0 Å². The predicted octanol–water partition coefficient (Wildman–Crippen LogP) is 2.37. The number of hydrogen-bond donors (Lipinski definition) is 3. The number of nitrogens with zero attached hydrogens (tertiary/aromatic N) is 1. The first-order valence-corrected chi connectivity index (χ1v) is 9.72. The first-order valence-electron chi connectivity index (χ1n) is 9.72. The van der Waals surface area contributed by atoms with Gasteiger partial charge in [0.15, 0.2) is 0 Å². The Bertz CT molecular complexity index is 1040. The van der Waals surface area contributed by atoms with Gasteiger partial charge in [0.1, 0.15) is 12.1 Å². The third kappa shape index (κ3) is 4.86. The Labute approximate surface area is 174 Å². The number of rotatable bonds is 8. The monoisotopic (exact) mass is 407 g/mol. The topological polar surface area (TPSA) is 103 Å².